The Morgan fingerprint density at radius 3 is 2.64 bits per heavy atom. The number of aromatic nitrogens is 2. The zero-order valence-electron chi connectivity index (χ0n) is 14.9. The molecule has 1 aromatic heterocycles. The van der Waals surface area contributed by atoms with Crippen molar-refractivity contribution < 1.29 is 8.42 Å². The van der Waals surface area contributed by atoms with Crippen molar-refractivity contribution in [3.05, 3.63) is 41.2 Å². The largest absolute Gasteiger partial charge is 0.268 e. The minimum absolute atomic E-state index is 0.391. The lowest BCUT2D eigenvalue weighted by Gasteiger charge is -2.20. The molecular weight excluding hydrogens is 334 g/mol. The first-order valence-corrected chi connectivity index (χ1v) is 10.6. The molecule has 0 spiro atoms. The molecule has 2 aromatic rings. The maximum Gasteiger partial charge on any atom is 0.268 e. The summed E-state index contributed by atoms with van der Waals surface area (Å²) in [5, 5.41) is 4.58. The van der Waals surface area contributed by atoms with Gasteiger partial charge in [0.05, 0.1) is 17.1 Å². The first-order chi connectivity index (χ1) is 12.0. The Balaban J connectivity index is 1.70. The second-order valence-corrected chi connectivity index (χ2v) is 9.09. The highest BCUT2D eigenvalue weighted by molar-refractivity contribution is 7.93. The second kappa shape index (κ2) is 6.16. The van der Waals surface area contributed by atoms with Crippen LogP contribution in [0.5, 0.6) is 0 Å². The Morgan fingerprint density at radius 1 is 1.16 bits per heavy atom. The Hall–Kier alpha value is -1.82. The van der Waals surface area contributed by atoms with Crippen molar-refractivity contribution in [3.8, 4) is 0 Å². The van der Waals surface area contributed by atoms with Gasteiger partial charge in [-0.15, -0.1) is 0 Å². The molecule has 6 heteroatoms. The van der Waals surface area contributed by atoms with E-state index in [4.69, 9.17) is 0 Å². The number of sulfonamides is 1. The summed E-state index contributed by atoms with van der Waals surface area (Å²) in [5.41, 5.74) is 3.29. The van der Waals surface area contributed by atoms with E-state index < -0.39 is 10.0 Å². The molecule has 0 radical (unpaired) electrons. The highest BCUT2D eigenvalue weighted by atomic mass is 32.2. The van der Waals surface area contributed by atoms with Crippen LogP contribution in [0.1, 0.15) is 42.6 Å². The normalized spacial score (nSPS) is 18.1. The average molecular weight is 359 g/mol. The number of fused-ring (bicyclic) bond motifs is 1. The SMILES string of the molecule is Cc1nn(CC2CCCC2)c(C)c1S(=O)(=O)N1CCc2ccccc21. The van der Waals surface area contributed by atoms with Crippen molar-refractivity contribution >= 4 is 15.7 Å². The third kappa shape index (κ3) is 2.76. The third-order valence-electron chi connectivity index (χ3n) is 5.61. The molecule has 1 aliphatic heterocycles. The van der Waals surface area contributed by atoms with Gasteiger partial charge in [0.2, 0.25) is 0 Å². The van der Waals surface area contributed by atoms with Gasteiger partial charge in [-0.2, -0.15) is 5.10 Å². The first kappa shape index (κ1) is 16.6. The van der Waals surface area contributed by atoms with Crippen molar-refractivity contribution in [2.75, 3.05) is 10.8 Å². The Labute approximate surface area is 149 Å². The molecule has 5 nitrogen and oxygen atoms in total. The van der Waals surface area contributed by atoms with Crippen LogP contribution in [-0.4, -0.2) is 24.7 Å². The van der Waals surface area contributed by atoms with Gasteiger partial charge in [0.25, 0.3) is 10.0 Å². The summed E-state index contributed by atoms with van der Waals surface area (Å²) >= 11 is 0. The van der Waals surface area contributed by atoms with Crippen LogP contribution in [-0.2, 0) is 23.0 Å². The Bertz CT molecular complexity index is 895. The molecule has 0 saturated heterocycles. The number of nitrogens with zero attached hydrogens (tertiary/aromatic N) is 3. The summed E-state index contributed by atoms with van der Waals surface area (Å²) < 4.78 is 30.2. The van der Waals surface area contributed by atoms with Crippen LogP contribution >= 0.6 is 0 Å². The minimum atomic E-state index is -3.58. The summed E-state index contributed by atoms with van der Waals surface area (Å²) in [7, 11) is -3.58. The zero-order valence-corrected chi connectivity index (χ0v) is 15.7. The first-order valence-electron chi connectivity index (χ1n) is 9.13. The number of hydrogen-bond donors (Lipinski definition) is 0. The van der Waals surface area contributed by atoms with Crippen LogP contribution in [0, 0.1) is 19.8 Å². The van der Waals surface area contributed by atoms with E-state index in [1.165, 1.54) is 25.7 Å². The van der Waals surface area contributed by atoms with Crippen molar-refractivity contribution in [1.29, 1.82) is 0 Å². The highest BCUT2D eigenvalue weighted by Crippen LogP contribution is 2.35. The van der Waals surface area contributed by atoms with Gasteiger partial charge < -0.3 is 0 Å². The molecule has 0 atom stereocenters. The van der Waals surface area contributed by atoms with E-state index in [-0.39, 0.29) is 0 Å². The van der Waals surface area contributed by atoms with Crippen molar-refractivity contribution in [1.82, 2.24) is 9.78 Å². The fraction of sp³-hybridized carbons (Fsp3) is 0.526. The molecule has 134 valence electrons. The number of rotatable bonds is 4. The zero-order chi connectivity index (χ0) is 17.6. The van der Waals surface area contributed by atoms with E-state index in [0.29, 0.717) is 23.1 Å². The fourth-order valence-electron chi connectivity index (χ4n) is 4.34. The van der Waals surface area contributed by atoms with Gasteiger partial charge in [-0.1, -0.05) is 31.0 Å². The van der Waals surface area contributed by atoms with Gasteiger partial charge in [0.15, 0.2) is 0 Å². The van der Waals surface area contributed by atoms with Gasteiger partial charge in [-0.3, -0.25) is 8.99 Å². The van der Waals surface area contributed by atoms with Gasteiger partial charge in [0.1, 0.15) is 4.90 Å². The minimum Gasteiger partial charge on any atom is -0.268 e. The summed E-state index contributed by atoms with van der Waals surface area (Å²) in [4.78, 5) is 0.391. The summed E-state index contributed by atoms with van der Waals surface area (Å²) in [5.74, 6) is 0.626. The average Bonchev–Trinajstić information content (AvgIpc) is 3.28. The monoisotopic (exact) mass is 359 g/mol. The lowest BCUT2D eigenvalue weighted by atomic mass is 10.1. The second-order valence-electron chi connectivity index (χ2n) is 7.29. The van der Waals surface area contributed by atoms with Crippen molar-refractivity contribution in [2.24, 2.45) is 5.92 Å². The molecule has 0 bridgehead atoms. The summed E-state index contributed by atoms with van der Waals surface area (Å²) in [6, 6.07) is 7.77. The van der Waals surface area contributed by atoms with Gasteiger partial charge in [-0.25, -0.2) is 8.42 Å². The van der Waals surface area contributed by atoms with E-state index in [1.807, 2.05) is 42.8 Å². The Kier molecular flexibility index (Phi) is 4.10. The van der Waals surface area contributed by atoms with E-state index in [1.54, 1.807) is 4.31 Å². The lowest BCUT2D eigenvalue weighted by molar-refractivity contribution is 0.421. The predicted molar refractivity (Wildman–Crippen MR) is 98.3 cm³/mol. The molecule has 2 heterocycles. The maximum absolute atomic E-state index is 13.4. The Morgan fingerprint density at radius 2 is 1.88 bits per heavy atom. The van der Waals surface area contributed by atoms with Crippen molar-refractivity contribution in [2.45, 2.75) is 57.4 Å². The van der Waals surface area contributed by atoms with Gasteiger partial charge in [0, 0.05) is 13.1 Å². The molecule has 4 rings (SSSR count). The third-order valence-corrected chi connectivity index (χ3v) is 7.68. The molecule has 0 N–H and O–H groups in total. The standard InChI is InChI=1S/C19H25N3O2S/c1-14-19(15(2)21(20-14)13-16-7-3-4-8-16)25(23,24)22-12-11-17-9-5-6-10-18(17)22/h5-6,9-10,16H,3-4,7-8,11-13H2,1-2H3. The quantitative estimate of drug-likeness (QED) is 0.840. The number of benzene rings is 1. The van der Waals surface area contributed by atoms with Gasteiger partial charge in [-0.05, 0) is 50.7 Å². The highest BCUT2D eigenvalue weighted by Gasteiger charge is 2.35. The van der Waals surface area contributed by atoms with Crippen LogP contribution in [0.4, 0.5) is 5.69 Å². The van der Waals surface area contributed by atoms with Crippen LogP contribution < -0.4 is 4.31 Å². The molecule has 25 heavy (non-hydrogen) atoms. The molecule has 2 aliphatic rings. The number of para-hydroxylation sites is 1. The van der Waals surface area contributed by atoms with Crippen LogP contribution in [0.15, 0.2) is 29.2 Å². The van der Waals surface area contributed by atoms with Crippen LogP contribution in [0.3, 0.4) is 0 Å². The van der Waals surface area contributed by atoms with Crippen LogP contribution in [0.25, 0.3) is 0 Å². The topological polar surface area (TPSA) is 55.2 Å². The number of anilines is 1. The number of hydrogen-bond acceptors (Lipinski definition) is 3. The van der Waals surface area contributed by atoms with Gasteiger partial charge >= 0.3 is 0 Å². The fourth-order valence-corrected chi connectivity index (χ4v) is 6.22. The molecule has 1 aromatic carbocycles. The number of aryl methyl sites for hydroxylation is 1. The van der Waals surface area contributed by atoms with Crippen LogP contribution in [0.2, 0.25) is 0 Å². The lowest BCUT2D eigenvalue weighted by Crippen LogP contribution is -2.30. The molecular formula is C19H25N3O2S. The summed E-state index contributed by atoms with van der Waals surface area (Å²) in [6.07, 6.45) is 5.77. The predicted octanol–water partition coefficient (Wildman–Crippen LogP) is 3.44. The molecule has 1 aliphatic carbocycles. The van der Waals surface area contributed by atoms with E-state index >= 15 is 0 Å². The molecule has 0 unspecified atom stereocenters. The van der Waals surface area contributed by atoms with Crippen molar-refractivity contribution in [3.63, 3.8) is 0 Å². The maximum atomic E-state index is 13.4. The smallest absolute Gasteiger partial charge is 0.268 e. The van der Waals surface area contributed by atoms with E-state index in [9.17, 15) is 8.42 Å². The molecule has 1 fully saturated rings. The molecule has 1 saturated carbocycles. The summed E-state index contributed by atoms with van der Waals surface area (Å²) in [6.45, 7) is 5.05. The van der Waals surface area contributed by atoms with E-state index in [0.717, 1.165) is 29.9 Å². The molecule has 0 amide bonds. The van der Waals surface area contributed by atoms with E-state index in [2.05, 4.69) is 5.10 Å².